The van der Waals surface area contributed by atoms with Gasteiger partial charge in [0, 0.05) is 19.0 Å². The van der Waals surface area contributed by atoms with E-state index in [0.29, 0.717) is 25.9 Å². The van der Waals surface area contributed by atoms with Crippen LogP contribution in [0.2, 0.25) is 0 Å². The molecular weight excluding hydrogens is 246 g/mol. The molecule has 2 aliphatic rings. The second kappa shape index (κ2) is 4.99. The first-order valence-corrected chi connectivity index (χ1v) is 6.59. The fourth-order valence-electron chi connectivity index (χ4n) is 2.58. The van der Waals surface area contributed by atoms with Crippen molar-refractivity contribution in [1.29, 1.82) is 0 Å². The third-order valence-electron chi connectivity index (χ3n) is 3.58. The largest absolute Gasteiger partial charge is 0.454 e. The molecule has 5 heteroatoms. The Morgan fingerprint density at radius 3 is 3.11 bits per heavy atom. The summed E-state index contributed by atoms with van der Waals surface area (Å²) in [6, 6.07) is 6.00. The monoisotopic (exact) mass is 263 g/mol. The number of benzene rings is 1. The molecule has 1 atom stereocenters. The minimum Gasteiger partial charge on any atom is -0.454 e. The molecule has 2 heterocycles. The maximum atomic E-state index is 11.7. The lowest BCUT2D eigenvalue weighted by molar-refractivity contribution is 0.115. The van der Waals surface area contributed by atoms with Crippen LogP contribution in [0.15, 0.2) is 18.2 Å². The zero-order valence-electron chi connectivity index (χ0n) is 10.9. The van der Waals surface area contributed by atoms with E-state index in [0.717, 1.165) is 24.5 Å². The summed E-state index contributed by atoms with van der Waals surface area (Å²) in [5, 5.41) is 0. The predicted octanol–water partition coefficient (Wildman–Crippen LogP) is 2.36. The molecule has 0 N–H and O–H groups in total. The number of rotatable bonds is 2. The summed E-state index contributed by atoms with van der Waals surface area (Å²) in [4.78, 5) is 13.4. The summed E-state index contributed by atoms with van der Waals surface area (Å²) < 4.78 is 15.7. The van der Waals surface area contributed by atoms with Crippen LogP contribution < -0.4 is 9.47 Å². The number of carbonyl (C=O) groups is 1. The number of amides is 1. The number of carbonyl (C=O) groups excluding carboxylic acids is 1. The van der Waals surface area contributed by atoms with E-state index in [1.807, 2.05) is 25.1 Å². The van der Waals surface area contributed by atoms with E-state index in [1.54, 1.807) is 4.90 Å². The van der Waals surface area contributed by atoms with Crippen molar-refractivity contribution >= 4 is 6.09 Å². The molecule has 5 nitrogen and oxygen atoms in total. The minimum absolute atomic E-state index is 0.217. The minimum atomic E-state index is -0.217. The van der Waals surface area contributed by atoms with Gasteiger partial charge in [-0.2, -0.15) is 0 Å². The van der Waals surface area contributed by atoms with E-state index >= 15 is 0 Å². The van der Waals surface area contributed by atoms with Gasteiger partial charge < -0.3 is 19.1 Å². The average Bonchev–Trinajstić information content (AvgIpc) is 3.07. The van der Waals surface area contributed by atoms with Crippen molar-refractivity contribution in [2.24, 2.45) is 0 Å². The number of nitrogens with zero attached hydrogens (tertiary/aromatic N) is 1. The summed E-state index contributed by atoms with van der Waals surface area (Å²) in [5.74, 6) is 1.94. The van der Waals surface area contributed by atoms with Gasteiger partial charge >= 0.3 is 6.09 Å². The molecular formula is C14H17NO4. The lowest BCUT2D eigenvalue weighted by atomic mass is 9.98. The molecule has 102 valence electrons. The van der Waals surface area contributed by atoms with Gasteiger partial charge in [-0.05, 0) is 31.0 Å². The highest BCUT2D eigenvalue weighted by Gasteiger charge is 2.29. The Bertz CT molecular complexity index is 488. The lowest BCUT2D eigenvalue weighted by Crippen LogP contribution is -2.29. The van der Waals surface area contributed by atoms with Crippen LogP contribution in [-0.4, -0.2) is 37.5 Å². The van der Waals surface area contributed by atoms with E-state index in [2.05, 4.69) is 0 Å². The highest BCUT2D eigenvalue weighted by molar-refractivity contribution is 5.68. The molecule has 1 fully saturated rings. The molecule has 1 saturated heterocycles. The van der Waals surface area contributed by atoms with Crippen LogP contribution in [0.5, 0.6) is 11.5 Å². The number of hydrogen-bond acceptors (Lipinski definition) is 4. The summed E-state index contributed by atoms with van der Waals surface area (Å²) in [7, 11) is 0. The van der Waals surface area contributed by atoms with Crippen LogP contribution in [0, 0.1) is 0 Å². The Hall–Kier alpha value is -1.91. The first-order valence-electron chi connectivity index (χ1n) is 6.59. The summed E-state index contributed by atoms with van der Waals surface area (Å²) in [6.07, 6.45) is 0.740. The average molecular weight is 263 g/mol. The van der Waals surface area contributed by atoms with Gasteiger partial charge in [0.25, 0.3) is 0 Å². The number of ether oxygens (including phenoxy) is 3. The van der Waals surface area contributed by atoms with Crippen molar-refractivity contribution in [3.8, 4) is 11.5 Å². The predicted molar refractivity (Wildman–Crippen MR) is 68.5 cm³/mol. The Kier molecular flexibility index (Phi) is 3.19. The second-order valence-electron chi connectivity index (χ2n) is 4.74. The molecule has 2 aliphatic heterocycles. The summed E-state index contributed by atoms with van der Waals surface area (Å²) in [5.41, 5.74) is 1.19. The Morgan fingerprint density at radius 2 is 2.26 bits per heavy atom. The second-order valence-corrected chi connectivity index (χ2v) is 4.74. The number of hydrogen-bond donors (Lipinski definition) is 0. The highest BCUT2D eigenvalue weighted by Crippen LogP contribution is 2.37. The molecule has 0 spiro atoms. The highest BCUT2D eigenvalue weighted by atomic mass is 16.7. The normalized spacial score (nSPS) is 20.7. The molecule has 1 aromatic carbocycles. The molecule has 1 aromatic rings. The molecule has 3 rings (SSSR count). The summed E-state index contributed by atoms with van der Waals surface area (Å²) in [6.45, 7) is 3.99. The Labute approximate surface area is 112 Å². The topological polar surface area (TPSA) is 48.0 Å². The number of fused-ring (bicyclic) bond motifs is 1. The third-order valence-corrected chi connectivity index (χ3v) is 3.58. The first kappa shape index (κ1) is 12.1. The summed E-state index contributed by atoms with van der Waals surface area (Å²) >= 11 is 0. The lowest BCUT2D eigenvalue weighted by Gasteiger charge is -2.16. The molecule has 0 radical (unpaired) electrons. The van der Waals surface area contributed by atoms with Crippen molar-refractivity contribution in [3.05, 3.63) is 23.8 Å². The van der Waals surface area contributed by atoms with Gasteiger partial charge in [0.15, 0.2) is 11.5 Å². The number of likely N-dealkylation sites (tertiary alicyclic amines) is 1. The van der Waals surface area contributed by atoms with Gasteiger partial charge in [-0.1, -0.05) is 6.07 Å². The van der Waals surface area contributed by atoms with E-state index in [4.69, 9.17) is 14.2 Å². The van der Waals surface area contributed by atoms with Crippen LogP contribution in [-0.2, 0) is 4.74 Å². The van der Waals surface area contributed by atoms with E-state index in [1.165, 1.54) is 5.56 Å². The molecule has 1 unspecified atom stereocenters. The smallest absolute Gasteiger partial charge is 0.409 e. The van der Waals surface area contributed by atoms with Crippen LogP contribution in [0.25, 0.3) is 0 Å². The molecule has 1 amide bonds. The first-order chi connectivity index (χ1) is 9.28. The van der Waals surface area contributed by atoms with Gasteiger partial charge in [0.05, 0.1) is 6.61 Å². The SMILES string of the molecule is CCOC(=O)N1CCC(c2ccc3c(c2)OCO3)C1. The van der Waals surface area contributed by atoms with Crippen molar-refractivity contribution in [2.45, 2.75) is 19.3 Å². The Balaban J connectivity index is 1.69. The van der Waals surface area contributed by atoms with Gasteiger partial charge in [-0.3, -0.25) is 0 Å². The van der Waals surface area contributed by atoms with Crippen molar-refractivity contribution < 1.29 is 19.0 Å². The van der Waals surface area contributed by atoms with Crippen molar-refractivity contribution in [2.75, 3.05) is 26.5 Å². The van der Waals surface area contributed by atoms with Crippen LogP contribution in [0.4, 0.5) is 4.79 Å². The zero-order chi connectivity index (χ0) is 13.2. The standard InChI is InChI=1S/C14H17NO4/c1-2-17-14(16)15-6-5-11(8-15)10-3-4-12-13(7-10)19-9-18-12/h3-4,7,11H,2,5-6,8-9H2,1H3. The van der Waals surface area contributed by atoms with Gasteiger partial charge in [-0.25, -0.2) is 4.79 Å². The zero-order valence-corrected chi connectivity index (χ0v) is 10.9. The van der Waals surface area contributed by atoms with Gasteiger partial charge in [0.2, 0.25) is 6.79 Å². The fraction of sp³-hybridized carbons (Fsp3) is 0.500. The van der Waals surface area contributed by atoms with Gasteiger partial charge in [-0.15, -0.1) is 0 Å². The molecule has 0 saturated carbocycles. The van der Waals surface area contributed by atoms with Crippen molar-refractivity contribution in [3.63, 3.8) is 0 Å². The quantitative estimate of drug-likeness (QED) is 0.821. The van der Waals surface area contributed by atoms with E-state index < -0.39 is 0 Å². The molecule has 0 aromatic heterocycles. The maximum absolute atomic E-state index is 11.7. The molecule has 0 aliphatic carbocycles. The van der Waals surface area contributed by atoms with E-state index in [9.17, 15) is 4.79 Å². The Morgan fingerprint density at radius 1 is 1.42 bits per heavy atom. The fourth-order valence-corrected chi connectivity index (χ4v) is 2.58. The van der Waals surface area contributed by atoms with E-state index in [-0.39, 0.29) is 6.09 Å². The maximum Gasteiger partial charge on any atom is 0.409 e. The third kappa shape index (κ3) is 2.32. The molecule has 0 bridgehead atoms. The van der Waals surface area contributed by atoms with Crippen molar-refractivity contribution in [1.82, 2.24) is 4.90 Å². The van der Waals surface area contributed by atoms with Crippen LogP contribution in [0.1, 0.15) is 24.8 Å². The van der Waals surface area contributed by atoms with Crippen LogP contribution in [0.3, 0.4) is 0 Å². The molecule has 19 heavy (non-hydrogen) atoms. The van der Waals surface area contributed by atoms with Crippen LogP contribution >= 0.6 is 0 Å². The van der Waals surface area contributed by atoms with Gasteiger partial charge in [0.1, 0.15) is 0 Å².